The van der Waals surface area contributed by atoms with E-state index >= 15 is 0 Å². The van der Waals surface area contributed by atoms with Crippen LogP contribution in [0.25, 0.3) is 11.1 Å². The van der Waals surface area contributed by atoms with Gasteiger partial charge >= 0.3 is 0 Å². The van der Waals surface area contributed by atoms with E-state index in [4.69, 9.17) is 56.4 Å². The first-order chi connectivity index (χ1) is 26.8. The Hall–Kier alpha value is -4.04. The largest absolute Gasteiger partial charge is 0.342 e. The van der Waals surface area contributed by atoms with Crippen LogP contribution in [0.1, 0.15) is 76.0 Å². The Balaban J connectivity index is 0.000000164. The van der Waals surface area contributed by atoms with E-state index in [0.29, 0.717) is 19.5 Å². The minimum atomic E-state index is 0.150. The number of pyridine rings is 3. The number of hydrogen-bond donors (Lipinski definition) is 1. The van der Waals surface area contributed by atoms with Crippen LogP contribution < -0.4 is 5.32 Å². The van der Waals surface area contributed by atoms with E-state index in [1.807, 2.05) is 47.5 Å². The second-order valence-electron chi connectivity index (χ2n) is 14.5. The van der Waals surface area contributed by atoms with Gasteiger partial charge in [0.05, 0.1) is 17.8 Å². The third-order valence-electron chi connectivity index (χ3n) is 11.1. The molecule has 9 rings (SSSR count). The molecule has 2 aliphatic carbocycles. The Morgan fingerprint density at radius 1 is 0.636 bits per heavy atom. The number of piperidine rings is 2. The lowest BCUT2D eigenvalue weighted by molar-refractivity contribution is -0.130. The molecule has 0 spiro atoms. The van der Waals surface area contributed by atoms with E-state index in [1.54, 1.807) is 18.6 Å². The average molecular weight is 810 g/mol. The van der Waals surface area contributed by atoms with Crippen LogP contribution in [0.3, 0.4) is 0 Å². The van der Waals surface area contributed by atoms with Crippen molar-refractivity contribution in [1.82, 2.24) is 25.2 Å². The molecule has 1 amide bonds. The molecule has 2 fully saturated rings. The highest BCUT2D eigenvalue weighted by Gasteiger charge is 2.28. The maximum Gasteiger partial charge on any atom is 0.227 e. The summed E-state index contributed by atoms with van der Waals surface area (Å²) in [5.41, 5.74) is 15.5. The number of aryl methyl sites for hydroxylation is 2. The summed E-state index contributed by atoms with van der Waals surface area (Å²) in [4.78, 5) is 28.4. The standard InChI is InChI=1S/C26H23Cl2N3O.C19H18Cl2N2/c27-20-4-6-21-19(15-20)3-5-22-23(28)7-11-30-26(22)25(21)18-8-12-31(13-9-18)24(32)14-17-2-1-10-29-16-17;20-14-2-4-15-13(11-14)1-3-16-17(21)7-10-23-19(16)18(15)12-5-8-22-9-6-12/h1-2,4,6-7,10-11,15-16H,3,5,8-9,12-14H2;2,4,7,10-11,22H,1,3,5-6,8-9H2. The number of nitrogens with zero attached hydrogens (tertiary/aromatic N) is 4. The Bertz CT molecular complexity index is 2300. The smallest absolute Gasteiger partial charge is 0.227 e. The number of nitrogens with one attached hydrogen (secondary N) is 1. The highest BCUT2D eigenvalue weighted by Crippen LogP contribution is 2.41. The van der Waals surface area contributed by atoms with Crippen molar-refractivity contribution in [2.45, 2.75) is 57.8 Å². The second kappa shape index (κ2) is 17.0. The number of carbonyl (C=O) groups excluding carboxylic acids is 1. The van der Waals surface area contributed by atoms with Crippen molar-refractivity contribution in [3.8, 4) is 0 Å². The molecule has 55 heavy (non-hydrogen) atoms. The van der Waals surface area contributed by atoms with E-state index in [9.17, 15) is 4.79 Å². The molecule has 0 radical (unpaired) electrons. The molecular weight excluding hydrogens is 768 g/mol. The van der Waals surface area contributed by atoms with E-state index in [0.717, 1.165) is 107 Å². The summed E-state index contributed by atoms with van der Waals surface area (Å²) in [5, 5.41) is 6.56. The van der Waals surface area contributed by atoms with Gasteiger partial charge in [-0.2, -0.15) is 0 Å². The molecule has 0 unspecified atom stereocenters. The van der Waals surface area contributed by atoms with Crippen molar-refractivity contribution in [3.63, 3.8) is 0 Å². The summed E-state index contributed by atoms with van der Waals surface area (Å²) in [6.07, 6.45) is 14.8. The normalized spacial score (nSPS) is 16.5. The van der Waals surface area contributed by atoms with Crippen LogP contribution in [0.2, 0.25) is 20.1 Å². The van der Waals surface area contributed by atoms with E-state index in [1.165, 1.54) is 50.1 Å². The van der Waals surface area contributed by atoms with Gasteiger partial charge in [0.25, 0.3) is 0 Å². The molecule has 5 aromatic rings. The van der Waals surface area contributed by atoms with Gasteiger partial charge in [-0.25, -0.2) is 0 Å². The van der Waals surface area contributed by atoms with Crippen LogP contribution in [0.15, 0.2) is 96.6 Å². The van der Waals surface area contributed by atoms with Crippen LogP contribution in [0.5, 0.6) is 0 Å². The van der Waals surface area contributed by atoms with Crippen molar-refractivity contribution >= 4 is 63.5 Å². The molecule has 3 aromatic heterocycles. The quantitative estimate of drug-likeness (QED) is 0.192. The van der Waals surface area contributed by atoms with Crippen LogP contribution in [0, 0.1) is 0 Å². The molecular formula is C45H41Cl4N5O. The molecule has 1 N–H and O–H groups in total. The zero-order chi connectivity index (χ0) is 37.9. The third-order valence-corrected chi connectivity index (χ3v) is 12.3. The number of aromatic nitrogens is 3. The van der Waals surface area contributed by atoms with Crippen LogP contribution in [-0.2, 0) is 36.9 Å². The number of likely N-dealkylation sites (tertiary alicyclic amines) is 1. The molecule has 0 saturated carbocycles. The summed E-state index contributed by atoms with van der Waals surface area (Å²) >= 11 is 25.6. The van der Waals surface area contributed by atoms with Gasteiger partial charge in [-0.1, -0.05) is 75.7 Å². The van der Waals surface area contributed by atoms with Crippen molar-refractivity contribution in [2.75, 3.05) is 26.2 Å². The third kappa shape index (κ3) is 8.26. The van der Waals surface area contributed by atoms with Gasteiger partial charge in [-0.15, -0.1) is 0 Å². The summed E-state index contributed by atoms with van der Waals surface area (Å²) in [6, 6.07) is 19.9. The zero-order valence-electron chi connectivity index (χ0n) is 30.5. The zero-order valence-corrected chi connectivity index (χ0v) is 33.5. The fraction of sp³-hybridized carbons (Fsp3) is 0.289. The lowest BCUT2D eigenvalue weighted by Crippen LogP contribution is -2.37. The number of benzene rings is 2. The van der Waals surface area contributed by atoms with E-state index in [-0.39, 0.29) is 5.91 Å². The maximum atomic E-state index is 12.8. The number of amides is 1. The second-order valence-corrected chi connectivity index (χ2v) is 16.2. The SMILES string of the molecule is Clc1ccc2c(c1)CCc1c(Cl)ccnc1C2=C1CCNCC1.O=C(Cc1cccnc1)N1CCC(=C2c3ccc(Cl)cc3CCc3c(Cl)ccnc32)CC1. The van der Waals surface area contributed by atoms with E-state index < -0.39 is 0 Å². The summed E-state index contributed by atoms with van der Waals surface area (Å²) in [5.74, 6) is 0.150. The fourth-order valence-electron chi connectivity index (χ4n) is 8.40. The topological polar surface area (TPSA) is 71.0 Å². The Morgan fingerprint density at radius 3 is 1.71 bits per heavy atom. The molecule has 6 nitrogen and oxygen atoms in total. The molecule has 10 heteroatoms. The Labute approximate surface area is 342 Å². The Kier molecular flexibility index (Phi) is 11.7. The molecule has 5 heterocycles. The first-order valence-electron chi connectivity index (χ1n) is 19.0. The van der Waals surface area contributed by atoms with Crippen LogP contribution >= 0.6 is 46.4 Å². The number of halogens is 4. The molecule has 280 valence electrons. The van der Waals surface area contributed by atoms with Gasteiger partial charge in [0, 0.05) is 69.1 Å². The van der Waals surface area contributed by atoms with Crippen LogP contribution in [-0.4, -0.2) is 51.9 Å². The number of carbonyl (C=O) groups is 1. The highest BCUT2D eigenvalue weighted by atomic mass is 35.5. The van der Waals surface area contributed by atoms with Crippen molar-refractivity contribution in [2.24, 2.45) is 0 Å². The average Bonchev–Trinajstić information content (AvgIpc) is 3.47. The van der Waals surface area contributed by atoms with Crippen molar-refractivity contribution in [3.05, 3.63) is 167 Å². The lowest BCUT2D eigenvalue weighted by Gasteiger charge is -2.30. The molecule has 2 aromatic carbocycles. The van der Waals surface area contributed by atoms with Gasteiger partial charge in [0.2, 0.25) is 5.91 Å². The molecule has 0 atom stereocenters. The molecule has 0 bridgehead atoms. The molecule has 2 saturated heterocycles. The predicted molar refractivity (Wildman–Crippen MR) is 224 cm³/mol. The lowest BCUT2D eigenvalue weighted by atomic mass is 9.88. The number of fused-ring (bicyclic) bond motifs is 4. The van der Waals surface area contributed by atoms with Crippen molar-refractivity contribution in [1.29, 1.82) is 0 Å². The first-order valence-corrected chi connectivity index (χ1v) is 20.5. The van der Waals surface area contributed by atoms with Gasteiger partial charge in [-0.05, 0) is 146 Å². The summed E-state index contributed by atoms with van der Waals surface area (Å²) < 4.78 is 0. The van der Waals surface area contributed by atoms with E-state index in [2.05, 4.69) is 34.6 Å². The monoisotopic (exact) mass is 807 g/mol. The number of hydrogen-bond acceptors (Lipinski definition) is 5. The van der Waals surface area contributed by atoms with Crippen molar-refractivity contribution < 1.29 is 4.79 Å². The van der Waals surface area contributed by atoms with Gasteiger partial charge < -0.3 is 10.2 Å². The minimum absolute atomic E-state index is 0.150. The maximum absolute atomic E-state index is 12.8. The predicted octanol–water partition coefficient (Wildman–Crippen LogP) is 10.2. The molecule has 4 aliphatic rings. The van der Waals surface area contributed by atoms with Crippen LogP contribution in [0.4, 0.5) is 0 Å². The van der Waals surface area contributed by atoms with Gasteiger partial charge in [0.15, 0.2) is 0 Å². The number of rotatable bonds is 2. The molecule has 2 aliphatic heterocycles. The summed E-state index contributed by atoms with van der Waals surface area (Å²) in [6.45, 7) is 3.46. The summed E-state index contributed by atoms with van der Waals surface area (Å²) in [7, 11) is 0. The minimum Gasteiger partial charge on any atom is -0.342 e. The van der Waals surface area contributed by atoms with Gasteiger partial charge in [-0.3, -0.25) is 19.7 Å². The van der Waals surface area contributed by atoms with Gasteiger partial charge in [0.1, 0.15) is 0 Å². The Morgan fingerprint density at radius 2 is 1.18 bits per heavy atom. The fourth-order valence-corrected chi connectivity index (χ4v) is 9.27. The first kappa shape index (κ1) is 37.9. The highest BCUT2D eigenvalue weighted by molar-refractivity contribution is 6.32.